The fourth-order valence-electron chi connectivity index (χ4n) is 2.31. The summed E-state index contributed by atoms with van der Waals surface area (Å²) in [7, 11) is 0. The van der Waals surface area contributed by atoms with Gasteiger partial charge in [0, 0.05) is 23.5 Å². The number of rotatable bonds is 2. The third-order valence-corrected chi connectivity index (χ3v) is 3.29. The van der Waals surface area contributed by atoms with Crippen LogP contribution in [-0.2, 0) is 12.8 Å². The van der Waals surface area contributed by atoms with Crippen LogP contribution in [0, 0.1) is 5.82 Å². The lowest BCUT2D eigenvalue weighted by Gasteiger charge is -2.10. The Labute approximate surface area is 109 Å². The number of hydrogen-bond acceptors (Lipinski definition) is 3. The summed E-state index contributed by atoms with van der Waals surface area (Å²) in [5.41, 5.74) is 1.71. The number of aromatic nitrogens is 2. The topological polar surface area (TPSA) is 37.8 Å². The summed E-state index contributed by atoms with van der Waals surface area (Å²) in [6.07, 6.45) is 4.73. The van der Waals surface area contributed by atoms with Crippen molar-refractivity contribution in [1.29, 1.82) is 0 Å². The van der Waals surface area contributed by atoms with Crippen LogP contribution in [0.4, 0.5) is 10.3 Å². The molecule has 1 unspecified atom stereocenters. The van der Waals surface area contributed by atoms with Gasteiger partial charge in [-0.3, -0.25) is 0 Å². The Morgan fingerprint density at radius 1 is 1.22 bits per heavy atom. The zero-order valence-corrected chi connectivity index (χ0v) is 10.3. The minimum absolute atomic E-state index is 0.121. The van der Waals surface area contributed by atoms with Gasteiger partial charge < -0.3 is 5.32 Å². The molecule has 18 heavy (non-hydrogen) atoms. The molecular formula is C13H11ClFN3. The molecule has 0 radical (unpaired) electrons. The van der Waals surface area contributed by atoms with E-state index in [2.05, 4.69) is 15.3 Å². The molecule has 3 nitrogen and oxygen atoms in total. The quantitative estimate of drug-likeness (QED) is 0.905. The number of anilines is 1. The first-order valence-corrected chi connectivity index (χ1v) is 6.10. The highest BCUT2D eigenvalue weighted by atomic mass is 35.5. The molecular weight excluding hydrogens is 253 g/mol. The van der Waals surface area contributed by atoms with Crippen molar-refractivity contribution in [2.75, 3.05) is 5.32 Å². The molecule has 0 saturated carbocycles. The fraction of sp³-hybridized carbons (Fsp3) is 0.231. The first-order valence-electron chi connectivity index (χ1n) is 5.73. The van der Waals surface area contributed by atoms with E-state index >= 15 is 0 Å². The van der Waals surface area contributed by atoms with Gasteiger partial charge >= 0.3 is 0 Å². The standard InChI is InChI=1S/C13H11ClFN3/c14-9-4-8-5-10(7-11(8)12(15)6-9)18-13-16-2-1-3-17-13/h1-4,6,10H,5,7H2,(H,16,17,18). The van der Waals surface area contributed by atoms with E-state index in [1.807, 2.05) is 6.07 Å². The van der Waals surface area contributed by atoms with Crippen molar-refractivity contribution in [2.24, 2.45) is 0 Å². The van der Waals surface area contributed by atoms with Crippen LogP contribution in [0.15, 0.2) is 30.6 Å². The van der Waals surface area contributed by atoms with Gasteiger partial charge in [-0.2, -0.15) is 0 Å². The zero-order valence-electron chi connectivity index (χ0n) is 9.53. The highest BCUT2D eigenvalue weighted by Gasteiger charge is 2.25. The number of benzene rings is 1. The molecule has 0 spiro atoms. The van der Waals surface area contributed by atoms with Crippen molar-refractivity contribution in [3.63, 3.8) is 0 Å². The predicted octanol–water partition coefficient (Wildman–Crippen LogP) is 2.85. The van der Waals surface area contributed by atoms with Crippen molar-refractivity contribution in [2.45, 2.75) is 18.9 Å². The van der Waals surface area contributed by atoms with Crippen molar-refractivity contribution in [3.05, 3.63) is 52.6 Å². The van der Waals surface area contributed by atoms with Gasteiger partial charge in [0.25, 0.3) is 0 Å². The second-order valence-electron chi connectivity index (χ2n) is 4.35. The summed E-state index contributed by atoms with van der Waals surface area (Å²) in [6.45, 7) is 0. The Hall–Kier alpha value is -1.68. The lowest BCUT2D eigenvalue weighted by Crippen LogP contribution is -2.20. The molecule has 3 rings (SSSR count). The molecule has 0 saturated heterocycles. The average molecular weight is 264 g/mol. The highest BCUT2D eigenvalue weighted by molar-refractivity contribution is 6.30. The van der Waals surface area contributed by atoms with Crippen LogP contribution in [0.5, 0.6) is 0 Å². The largest absolute Gasteiger partial charge is 0.351 e. The predicted molar refractivity (Wildman–Crippen MR) is 68.3 cm³/mol. The monoisotopic (exact) mass is 263 g/mol. The molecule has 5 heteroatoms. The SMILES string of the molecule is Fc1cc(Cl)cc2c1CC(Nc1ncccn1)C2. The Bertz CT molecular complexity index is 574. The summed E-state index contributed by atoms with van der Waals surface area (Å²) in [6, 6.07) is 5.07. The molecule has 0 bridgehead atoms. The second-order valence-corrected chi connectivity index (χ2v) is 4.78. The van der Waals surface area contributed by atoms with E-state index in [0.29, 0.717) is 17.4 Å². The van der Waals surface area contributed by atoms with Gasteiger partial charge in [-0.1, -0.05) is 11.6 Å². The first kappa shape index (κ1) is 11.4. The number of hydrogen-bond donors (Lipinski definition) is 1. The Morgan fingerprint density at radius 3 is 2.78 bits per heavy atom. The molecule has 0 amide bonds. The van der Waals surface area contributed by atoms with Gasteiger partial charge in [0.1, 0.15) is 5.82 Å². The average Bonchev–Trinajstić information content (AvgIpc) is 2.73. The van der Waals surface area contributed by atoms with Gasteiger partial charge in [-0.25, -0.2) is 14.4 Å². The number of fused-ring (bicyclic) bond motifs is 1. The molecule has 1 aromatic heterocycles. The third-order valence-electron chi connectivity index (χ3n) is 3.07. The maximum absolute atomic E-state index is 13.7. The minimum atomic E-state index is -0.226. The van der Waals surface area contributed by atoms with Crippen LogP contribution in [0.3, 0.4) is 0 Å². The van der Waals surface area contributed by atoms with Gasteiger partial charge in [0.2, 0.25) is 5.95 Å². The van der Waals surface area contributed by atoms with E-state index in [1.165, 1.54) is 6.07 Å². The van der Waals surface area contributed by atoms with Crippen LogP contribution in [0.1, 0.15) is 11.1 Å². The van der Waals surface area contributed by atoms with Crippen LogP contribution in [0.2, 0.25) is 5.02 Å². The van der Waals surface area contributed by atoms with Gasteiger partial charge in [-0.05, 0) is 42.2 Å². The van der Waals surface area contributed by atoms with Crippen molar-refractivity contribution >= 4 is 17.5 Å². The molecule has 1 aromatic carbocycles. The molecule has 0 aliphatic heterocycles. The molecule has 0 fully saturated rings. The minimum Gasteiger partial charge on any atom is -0.351 e. The number of nitrogens with one attached hydrogen (secondary N) is 1. The van der Waals surface area contributed by atoms with Crippen LogP contribution in [0.25, 0.3) is 0 Å². The first-order chi connectivity index (χ1) is 8.72. The summed E-state index contributed by atoms with van der Waals surface area (Å²) in [5.74, 6) is 0.345. The van der Waals surface area contributed by atoms with Gasteiger partial charge in [0.05, 0.1) is 0 Å². The zero-order chi connectivity index (χ0) is 12.5. The maximum atomic E-state index is 13.7. The van der Waals surface area contributed by atoms with E-state index in [0.717, 1.165) is 17.5 Å². The summed E-state index contributed by atoms with van der Waals surface area (Å²) < 4.78 is 13.7. The lowest BCUT2D eigenvalue weighted by atomic mass is 10.1. The van der Waals surface area contributed by atoms with E-state index in [1.54, 1.807) is 18.5 Å². The van der Waals surface area contributed by atoms with E-state index < -0.39 is 0 Å². The maximum Gasteiger partial charge on any atom is 0.222 e. The molecule has 2 aromatic rings. The Morgan fingerprint density at radius 2 is 2.00 bits per heavy atom. The van der Waals surface area contributed by atoms with E-state index in [-0.39, 0.29) is 11.9 Å². The van der Waals surface area contributed by atoms with Gasteiger partial charge in [0.15, 0.2) is 0 Å². The second kappa shape index (κ2) is 4.53. The van der Waals surface area contributed by atoms with Crippen molar-refractivity contribution < 1.29 is 4.39 Å². The third kappa shape index (κ3) is 2.16. The number of nitrogens with zero attached hydrogens (tertiary/aromatic N) is 2. The van der Waals surface area contributed by atoms with Crippen molar-refractivity contribution in [3.8, 4) is 0 Å². The number of halogens is 2. The summed E-state index contributed by atoms with van der Waals surface area (Å²) in [4.78, 5) is 8.21. The van der Waals surface area contributed by atoms with Crippen LogP contribution < -0.4 is 5.32 Å². The molecule has 1 aliphatic carbocycles. The van der Waals surface area contributed by atoms with E-state index in [9.17, 15) is 4.39 Å². The molecule has 1 N–H and O–H groups in total. The summed E-state index contributed by atoms with van der Waals surface area (Å²) in [5, 5.41) is 3.65. The van der Waals surface area contributed by atoms with Gasteiger partial charge in [-0.15, -0.1) is 0 Å². The summed E-state index contributed by atoms with van der Waals surface area (Å²) >= 11 is 5.85. The smallest absolute Gasteiger partial charge is 0.222 e. The molecule has 1 heterocycles. The molecule has 92 valence electrons. The molecule has 1 aliphatic rings. The van der Waals surface area contributed by atoms with Crippen molar-refractivity contribution in [1.82, 2.24) is 9.97 Å². The Balaban J connectivity index is 1.79. The van der Waals surface area contributed by atoms with Crippen LogP contribution in [-0.4, -0.2) is 16.0 Å². The fourth-order valence-corrected chi connectivity index (χ4v) is 2.54. The normalized spacial score (nSPS) is 17.6. The molecule has 1 atom stereocenters. The lowest BCUT2D eigenvalue weighted by molar-refractivity contribution is 0.609. The highest BCUT2D eigenvalue weighted by Crippen LogP contribution is 2.29. The van der Waals surface area contributed by atoms with Crippen LogP contribution >= 0.6 is 11.6 Å². The van der Waals surface area contributed by atoms with E-state index in [4.69, 9.17) is 11.6 Å². The Kier molecular flexibility index (Phi) is 2.88.